The number of rotatable bonds is 13. The molecule has 0 amide bonds. The van der Waals surface area contributed by atoms with Gasteiger partial charge in [0.25, 0.3) is 0 Å². The lowest BCUT2D eigenvalue weighted by molar-refractivity contribution is -0.205. The predicted octanol–water partition coefficient (Wildman–Crippen LogP) is 6.68. The molecule has 4 rings (SSSR count). The van der Waals surface area contributed by atoms with Gasteiger partial charge in [-0.1, -0.05) is 64.9 Å². The molecule has 0 radical (unpaired) electrons. The first-order valence-electron chi connectivity index (χ1n) is 13.8. The molecule has 4 aromatic rings. The van der Waals surface area contributed by atoms with Gasteiger partial charge in [0.2, 0.25) is 0 Å². The summed E-state index contributed by atoms with van der Waals surface area (Å²) in [6, 6.07) is 14.8. The van der Waals surface area contributed by atoms with Crippen LogP contribution in [0.3, 0.4) is 0 Å². The lowest BCUT2D eigenvalue weighted by Gasteiger charge is -2.21. The van der Waals surface area contributed by atoms with Gasteiger partial charge in [-0.05, 0) is 66.9 Å². The number of aromatic amines is 1. The molecular formula is C30H25Cl2F6N3O5S. The largest absolute Gasteiger partial charge is 0.491 e. The molecule has 3 aromatic carbocycles. The SMILES string of the molecule is O=C(Oc1ccc([C@H](CNCCc2cccc(CNCCc3c(Cl)cccc3Cl)c2)OC(=O)C(F)(F)F)c2sc(=O)[nH]c12)C(F)(F)F. The summed E-state index contributed by atoms with van der Waals surface area (Å²) in [6.07, 6.45) is -11.3. The van der Waals surface area contributed by atoms with Crippen molar-refractivity contribution in [2.45, 2.75) is 37.8 Å². The predicted molar refractivity (Wildman–Crippen MR) is 164 cm³/mol. The van der Waals surface area contributed by atoms with E-state index in [0.29, 0.717) is 47.3 Å². The Morgan fingerprint density at radius 1 is 0.851 bits per heavy atom. The van der Waals surface area contributed by atoms with Gasteiger partial charge in [0.1, 0.15) is 11.6 Å². The van der Waals surface area contributed by atoms with Gasteiger partial charge in [-0.2, -0.15) is 26.3 Å². The van der Waals surface area contributed by atoms with E-state index < -0.39 is 41.0 Å². The molecular weight excluding hydrogens is 699 g/mol. The summed E-state index contributed by atoms with van der Waals surface area (Å²) in [5.41, 5.74) is 2.22. The van der Waals surface area contributed by atoms with Crippen LogP contribution < -0.4 is 20.2 Å². The number of carbonyl (C=O) groups is 2. The zero-order chi connectivity index (χ0) is 34.4. The summed E-state index contributed by atoms with van der Waals surface area (Å²) >= 11 is 12.9. The first-order valence-corrected chi connectivity index (χ1v) is 15.4. The highest BCUT2D eigenvalue weighted by atomic mass is 35.5. The summed E-state index contributed by atoms with van der Waals surface area (Å²) < 4.78 is 86.5. The monoisotopic (exact) mass is 723 g/mol. The summed E-state index contributed by atoms with van der Waals surface area (Å²) in [7, 11) is 0. The maximum atomic E-state index is 13.1. The Kier molecular flexibility index (Phi) is 12.0. The van der Waals surface area contributed by atoms with Crippen LogP contribution in [0.15, 0.2) is 59.4 Å². The molecule has 0 aliphatic heterocycles. The smallest absolute Gasteiger partial charge is 0.449 e. The van der Waals surface area contributed by atoms with E-state index in [-0.39, 0.29) is 28.9 Å². The van der Waals surface area contributed by atoms with Crippen molar-refractivity contribution < 1.29 is 45.4 Å². The molecule has 0 aliphatic rings. The fourth-order valence-electron chi connectivity index (χ4n) is 4.52. The lowest BCUT2D eigenvalue weighted by atomic mass is 10.1. The van der Waals surface area contributed by atoms with Crippen LogP contribution in [0.2, 0.25) is 10.0 Å². The van der Waals surface area contributed by atoms with Gasteiger partial charge in [0, 0.05) is 28.7 Å². The van der Waals surface area contributed by atoms with Crippen LogP contribution in [0.4, 0.5) is 26.3 Å². The number of ether oxygens (including phenoxy) is 2. The Morgan fingerprint density at radius 2 is 1.49 bits per heavy atom. The quantitative estimate of drug-likeness (QED) is 0.0612. The first kappa shape index (κ1) is 36.2. The highest BCUT2D eigenvalue weighted by molar-refractivity contribution is 7.16. The average Bonchev–Trinajstić information content (AvgIpc) is 3.39. The lowest BCUT2D eigenvalue weighted by Crippen LogP contribution is -2.32. The number of fused-ring (bicyclic) bond motifs is 1. The van der Waals surface area contributed by atoms with Crippen LogP contribution in [0, 0.1) is 0 Å². The minimum absolute atomic E-state index is 0.119. The Bertz CT molecular complexity index is 1770. The number of alkyl halides is 6. The third-order valence-corrected chi connectivity index (χ3v) is 8.33. The minimum atomic E-state index is -5.35. The molecule has 1 aromatic heterocycles. The molecule has 1 atom stereocenters. The third-order valence-electron chi connectivity index (χ3n) is 6.69. The van der Waals surface area contributed by atoms with Crippen molar-refractivity contribution in [3.63, 3.8) is 0 Å². The van der Waals surface area contributed by atoms with Crippen LogP contribution in [-0.4, -0.2) is 48.9 Å². The van der Waals surface area contributed by atoms with Crippen molar-refractivity contribution in [3.05, 3.63) is 96.6 Å². The molecule has 0 fully saturated rings. The van der Waals surface area contributed by atoms with Crippen LogP contribution in [0.25, 0.3) is 10.2 Å². The molecule has 47 heavy (non-hydrogen) atoms. The molecule has 17 heteroatoms. The summed E-state index contributed by atoms with van der Waals surface area (Å²) in [5, 5.41) is 7.41. The molecule has 3 N–H and O–H groups in total. The number of carbonyl (C=O) groups excluding carboxylic acids is 2. The van der Waals surface area contributed by atoms with Crippen LogP contribution in [0.5, 0.6) is 5.75 Å². The van der Waals surface area contributed by atoms with Gasteiger partial charge in [-0.15, -0.1) is 0 Å². The van der Waals surface area contributed by atoms with Crippen LogP contribution in [-0.2, 0) is 33.7 Å². The Hall–Kier alpha value is -3.63. The molecule has 0 bridgehead atoms. The van der Waals surface area contributed by atoms with Crippen molar-refractivity contribution >= 4 is 56.7 Å². The summed E-state index contributed by atoms with van der Waals surface area (Å²) in [4.78, 5) is 36.6. The third kappa shape index (κ3) is 9.93. The fourth-order valence-corrected chi connectivity index (χ4v) is 6.01. The second-order valence-corrected chi connectivity index (χ2v) is 11.8. The second kappa shape index (κ2) is 15.5. The van der Waals surface area contributed by atoms with Crippen molar-refractivity contribution in [2.75, 3.05) is 19.6 Å². The Labute approximate surface area is 277 Å². The minimum Gasteiger partial charge on any atom is -0.449 e. The zero-order valence-electron chi connectivity index (χ0n) is 24.0. The van der Waals surface area contributed by atoms with E-state index in [1.165, 1.54) is 0 Å². The summed E-state index contributed by atoms with van der Waals surface area (Å²) in [5.74, 6) is -5.76. The van der Waals surface area contributed by atoms with E-state index in [4.69, 9.17) is 27.9 Å². The van der Waals surface area contributed by atoms with Gasteiger partial charge in [-0.3, -0.25) is 4.79 Å². The number of nitrogens with one attached hydrogen (secondary N) is 3. The van der Waals surface area contributed by atoms with E-state index in [1.54, 1.807) is 18.2 Å². The van der Waals surface area contributed by atoms with E-state index in [2.05, 4.69) is 20.4 Å². The van der Waals surface area contributed by atoms with Gasteiger partial charge in [0.05, 0.1) is 4.70 Å². The van der Waals surface area contributed by atoms with Gasteiger partial charge >= 0.3 is 29.2 Å². The molecule has 0 unspecified atom stereocenters. The first-order chi connectivity index (χ1) is 22.1. The maximum Gasteiger partial charge on any atom is 0.491 e. The zero-order valence-corrected chi connectivity index (χ0v) is 26.3. The molecule has 0 saturated heterocycles. The highest BCUT2D eigenvalue weighted by Gasteiger charge is 2.43. The number of aromatic nitrogens is 1. The number of benzene rings is 3. The molecule has 252 valence electrons. The number of esters is 2. The van der Waals surface area contributed by atoms with Gasteiger partial charge in [-0.25, -0.2) is 9.59 Å². The fraction of sp³-hybridized carbons (Fsp3) is 0.300. The normalized spacial score (nSPS) is 12.7. The Balaban J connectivity index is 1.41. The highest BCUT2D eigenvalue weighted by Crippen LogP contribution is 2.35. The summed E-state index contributed by atoms with van der Waals surface area (Å²) in [6.45, 7) is 1.04. The topological polar surface area (TPSA) is 110 Å². The van der Waals surface area contributed by atoms with Gasteiger partial charge < -0.3 is 25.1 Å². The van der Waals surface area contributed by atoms with E-state index in [9.17, 15) is 40.7 Å². The Morgan fingerprint density at radius 3 is 2.17 bits per heavy atom. The standard InChI is InChI=1S/C30H25Cl2F6N3O5S/c31-20-5-2-6-21(32)18(20)10-12-39-14-17-4-1-3-16(13-17)9-11-40-15-23(46-27(43)30(36,37)38)19-7-8-22(45-26(42)29(33,34)35)24-25(19)47-28(44)41-24/h1-8,13,23,39-40H,9-12,14-15H2,(H,41,44)/t23-/m0/s1. The average molecular weight is 725 g/mol. The van der Waals surface area contributed by atoms with Crippen LogP contribution in [0.1, 0.15) is 28.4 Å². The molecule has 0 spiro atoms. The second-order valence-electron chi connectivity index (χ2n) is 10.1. The number of halogens is 8. The van der Waals surface area contributed by atoms with Crippen molar-refractivity contribution in [1.82, 2.24) is 15.6 Å². The van der Waals surface area contributed by atoms with E-state index >= 15 is 0 Å². The van der Waals surface area contributed by atoms with E-state index in [0.717, 1.165) is 28.8 Å². The number of hydrogen-bond acceptors (Lipinski definition) is 8. The van der Waals surface area contributed by atoms with Crippen molar-refractivity contribution in [3.8, 4) is 5.75 Å². The maximum absolute atomic E-state index is 13.1. The van der Waals surface area contributed by atoms with E-state index in [1.807, 2.05) is 24.3 Å². The molecule has 1 heterocycles. The number of H-pyrrole nitrogens is 1. The molecule has 0 aliphatic carbocycles. The molecule has 0 saturated carbocycles. The number of thiazole rings is 1. The number of hydrogen-bond donors (Lipinski definition) is 3. The van der Waals surface area contributed by atoms with Crippen LogP contribution >= 0.6 is 34.5 Å². The molecule has 8 nitrogen and oxygen atoms in total. The van der Waals surface area contributed by atoms with Crippen molar-refractivity contribution in [1.29, 1.82) is 0 Å². The van der Waals surface area contributed by atoms with Crippen molar-refractivity contribution in [2.24, 2.45) is 0 Å². The van der Waals surface area contributed by atoms with Gasteiger partial charge in [0.15, 0.2) is 5.75 Å².